The van der Waals surface area contributed by atoms with Crippen molar-refractivity contribution < 1.29 is 14.4 Å². The van der Waals surface area contributed by atoms with Crippen LogP contribution in [0.3, 0.4) is 0 Å². The smallest absolute Gasteiger partial charge is 0.262 e. The van der Waals surface area contributed by atoms with E-state index < -0.39 is 17.4 Å². The summed E-state index contributed by atoms with van der Waals surface area (Å²) in [6.45, 7) is 3.96. The number of amides is 3. The Labute approximate surface area is 129 Å². The van der Waals surface area contributed by atoms with Gasteiger partial charge in [0.15, 0.2) is 0 Å². The maximum atomic E-state index is 12.2. The van der Waals surface area contributed by atoms with Gasteiger partial charge in [-0.1, -0.05) is 26.0 Å². The lowest BCUT2D eigenvalue weighted by Crippen LogP contribution is -2.51. The van der Waals surface area contributed by atoms with Crippen LogP contribution >= 0.6 is 0 Å². The highest BCUT2D eigenvalue weighted by atomic mass is 16.2. The van der Waals surface area contributed by atoms with Crippen molar-refractivity contribution in [1.29, 1.82) is 0 Å². The molecule has 0 spiro atoms. The fraction of sp³-hybridized carbons (Fsp3) is 0.438. The molecule has 3 N–H and O–H groups in total. The van der Waals surface area contributed by atoms with Crippen LogP contribution < -0.4 is 11.1 Å². The van der Waals surface area contributed by atoms with Crippen molar-refractivity contribution in [3.63, 3.8) is 0 Å². The van der Waals surface area contributed by atoms with Crippen molar-refractivity contribution in [3.05, 3.63) is 35.4 Å². The Hall–Kier alpha value is -2.21. The van der Waals surface area contributed by atoms with Crippen LogP contribution in [0, 0.1) is 0 Å². The lowest BCUT2D eigenvalue weighted by Gasteiger charge is -2.27. The topological polar surface area (TPSA) is 92.5 Å². The third-order valence-electron chi connectivity index (χ3n) is 4.23. The first-order valence-electron chi connectivity index (χ1n) is 7.42. The zero-order chi connectivity index (χ0) is 16.3. The van der Waals surface area contributed by atoms with Gasteiger partial charge in [0, 0.05) is 12.1 Å². The molecule has 118 valence electrons. The highest BCUT2D eigenvalue weighted by molar-refractivity contribution is 6.22. The molecule has 0 bridgehead atoms. The van der Waals surface area contributed by atoms with Crippen LogP contribution in [0.1, 0.15) is 47.4 Å². The van der Waals surface area contributed by atoms with Gasteiger partial charge in [-0.25, -0.2) is 0 Å². The van der Waals surface area contributed by atoms with Gasteiger partial charge in [0.25, 0.3) is 11.8 Å². The predicted octanol–water partition coefficient (Wildman–Crippen LogP) is 0.916. The van der Waals surface area contributed by atoms with Crippen molar-refractivity contribution in [2.45, 2.75) is 32.2 Å². The molecular weight excluding hydrogens is 282 g/mol. The van der Waals surface area contributed by atoms with Gasteiger partial charge in [-0.2, -0.15) is 0 Å². The van der Waals surface area contributed by atoms with Crippen LogP contribution in [0.25, 0.3) is 0 Å². The minimum atomic E-state index is -0.461. The van der Waals surface area contributed by atoms with E-state index in [1.807, 2.05) is 13.8 Å². The molecule has 22 heavy (non-hydrogen) atoms. The Morgan fingerprint density at radius 3 is 2.09 bits per heavy atom. The third kappa shape index (κ3) is 3.01. The Balaban J connectivity index is 1.99. The fourth-order valence-corrected chi connectivity index (χ4v) is 2.36. The summed E-state index contributed by atoms with van der Waals surface area (Å²) >= 11 is 0. The number of rotatable bonds is 6. The maximum Gasteiger partial charge on any atom is 0.262 e. The standard InChI is InChI=1S/C16H21N3O3/c1-3-16(17,4-2)10-18-13(20)9-19-14(21)11-7-5-6-8-12(11)15(19)22/h5-8H,3-4,9-10,17H2,1-2H3,(H,18,20). The molecule has 3 amide bonds. The second-order valence-electron chi connectivity index (χ2n) is 5.59. The van der Waals surface area contributed by atoms with Crippen molar-refractivity contribution >= 4 is 17.7 Å². The molecule has 0 saturated carbocycles. The number of nitrogens with one attached hydrogen (secondary N) is 1. The summed E-state index contributed by atoms with van der Waals surface area (Å²) in [6.07, 6.45) is 1.47. The van der Waals surface area contributed by atoms with E-state index in [1.165, 1.54) is 0 Å². The normalized spacial score (nSPS) is 14.2. The summed E-state index contributed by atoms with van der Waals surface area (Å²) in [7, 11) is 0. The van der Waals surface area contributed by atoms with Gasteiger partial charge in [0.05, 0.1) is 11.1 Å². The molecule has 1 aromatic rings. The molecule has 0 aromatic heterocycles. The highest BCUT2D eigenvalue weighted by Gasteiger charge is 2.36. The summed E-state index contributed by atoms with van der Waals surface area (Å²) in [6, 6.07) is 6.57. The molecule has 0 radical (unpaired) electrons. The SMILES string of the molecule is CCC(N)(CC)CNC(=O)CN1C(=O)c2ccccc2C1=O. The molecule has 1 aliphatic rings. The molecule has 2 rings (SSSR count). The minimum absolute atomic E-state index is 0.282. The number of hydrogen-bond acceptors (Lipinski definition) is 4. The molecule has 0 saturated heterocycles. The maximum absolute atomic E-state index is 12.2. The summed E-state index contributed by atoms with van der Waals surface area (Å²) in [5.74, 6) is -1.24. The van der Waals surface area contributed by atoms with Crippen LogP contribution in [-0.4, -0.2) is 41.2 Å². The number of carbonyl (C=O) groups is 3. The zero-order valence-electron chi connectivity index (χ0n) is 12.9. The molecule has 6 heteroatoms. The van der Waals surface area contributed by atoms with Crippen LogP contribution in [0.2, 0.25) is 0 Å². The molecule has 1 aliphatic heterocycles. The van der Waals surface area contributed by atoms with Crippen LogP contribution in [0.15, 0.2) is 24.3 Å². The van der Waals surface area contributed by atoms with E-state index in [-0.39, 0.29) is 12.5 Å². The summed E-state index contributed by atoms with van der Waals surface area (Å²) in [5, 5.41) is 2.71. The second kappa shape index (κ2) is 6.27. The number of benzene rings is 1. The van der Waals surface area contributed by atoms with Crippen LogP contribution in [0.5, 0.6) is 0 Å². The van der Waals surface area contributed by atoms with Gasteiger partial charge in [-0.05, 0) is 25.0 Å². The number of fused-ring (bicyclic) bond motifs is 1. The van der Waals surface area contributed by atoms with E-state index >= 15 is 0 Å². The lowest BCUT2D eigenvalue weighted by molar-refractivity contribution is -0.121. The van der Waals surface area contributed by atoms with Gasteiger partial charge in [0.1, 0.15) is 6.54 Å². The monoisotopic (exact) mass is 303 g/mol. The number of carbonyl (C=O) groups excluding carboxylic acids is 3. The van der Waals surface area contributed by atoms with E-state index in [4.69, 9.17) is 5.73 Å². The largest absolute Gasteiger partial charge is 0.353 e. The number of nitrogens with zero attached hydrogens (tertiary/aromatic N) is 1. The van der Waals surface area contributed by atoms with Crippen molar-refractivity contribution in [2.24, 2.45) is 5.73 Å². The van der Waals surface area contributed by atoms with Crippen molar-refractivity contribution in [2.75, 3.05) is 13.1 Å². The predicted molar refractivity (Wildman–Crippen MR) is 82.3 cm³/mol. The second-order valence-corrected chi connectivity index (χ2v) is 5.59. The van der Waals surface area contributed by atoms with E-state index in [0.717, 1.165) is 17.7 Å². The highest BCUT2D eigenvalue weighted by Crippen LogP contribution is 2.21. The number of imide groups is 1. The Morgan fingerprint density at radius 1 is 1.14 bits per heavy atom. The summed E-state index contributed by atoms with van der Waals surface area (Å²) in [4.78, 5) is 37.3. The van der Waals surface area contributed by atoms with E-state index in [2.05, 4.69) is 5.32 Å². The number of hydrogen-bond donors (Lipinski definition) is 2. The first-order chi connectivity index (χ1) is 10.4. The van der Waals surface area contributed by atoms with E-state index in [1.54, 1.807) is 24.3 Å². The molecule has 6 nitrogen and oxygen atoms in total. The van der Waals surface area contributed by atoms with E-state index in [0.29, 0.717) is 17.7 Å². The molecule has 0 aliphatic carbocycles. The average molecular weight is 303 g/mol. The number of nitrogens with two attached hydrogens (primary N) is 1. The van der Waals surface area contributed by atoms with Gasteiger partial charge in [-0.3, -0.25) is 19.3 Å². The Bertz CT molecular complexity index is 573. The van der Waals surface area contributed by atoms with Crippen molar-refractivity contribution in [3.8, 4) is 0 Å². The van der Waals surface area contributed by atoms with Crippen LogP contribution in [-0.2, 0) is 4.79 Å². The summed E-state index contributed by atoms with van der Waals surface area (Å²) < 4.78 is 0. The summed E-state index contributed by atoms with van der Waals surface area (Å²) in [5.41, 5.74) is 6.34. The molecule has 0 fully saturated rings. The van der Waals surface area contributed by atoms with Gasteiger partial charge >= 0.3 is 0 Å². The van der Waals surface area contributed by atoms with Gasteiger partial charge < -0.3 is 11.1 Å². The van der Waals surface area contributed by atoms with Crippen molar-refractivity contribution in [1.82, 2.24) is 10.2 Å². The third-order valence-corrected chi connectivity index (χ3v) is 4.23. The quantitative estimate of drug-likeness (QED) is 0.764. The van der Waals surface area contributed by atoms with Crippen LogP contribution in [0.4, 0.5) is 0 Å². The molecule has 1 aromatic carbocycles. The molecule has 0 unspecified atom stereocenters. The fourth-order valence-electron chi connectivity index (χ4n) is 2.36. The van der Waals surface area contributed by atoms with Gasteiger partial charge in [0.2, 0.25) is 5.91 Å². The minimum Gasteiger partial charge on any atom is -0.353 e. The average Bonchev–Trinajstić information content (AvgIpc) is 2.78. The first kappa shape index (κ1) is 16.2. The Morgan fingerprint density at radius 2 is 1.64 bits per heavy atom. The first-order valence-corrected chi connectivity index (χ1v) is 7.42. The molecule has 0 atom stereocenters. The van der Waals surface area contributed by atoms with Gasteiger partial charge in [-0.15, -0.1) is 0 Å². The lowest BCUT2D eigenvalue weighted by atomic mass is 9.94. The Kier molecular flexibility index (Phi) is 4.61. The van der Waals surface area contributed by atoms with E-state index in [9.17, 15) is 14.4 Å². The zero-order valence-corrected chi connectivity index (χ0v) is 12.9. The molecule has 1 heterocycles. The molecular formula is C16H21N3O3.